The van der Waals surface area contributed by atoms with Gasteiger partial charge in [0, 0.05) is 54.3 Å². The number of sulfone groups is 1. The fourth-order valence-corrected chi connectivity index (χ4v) is 6.53. The molecule has 5 rings (SSSR count). The van der Waals surface area contributed by atoms with E-state index >= 15 is 0 Å². The molecule has 0 unspecified atom stereocenters. The molecule has 0 spiro atoms. The van der Waals surface area contributed by atoms with Gasteiger partial charge in [-0.25, -0.2) is 18.4 Å². The predicted octanol–water partition coefficient (Wildman–Crippen LogP) is 3.87. The Balaban J connectivity index is 1.59. The van der Waals surface area contributed by atoms with Crippen molar-refractivity contribution in [2.45, 2.75) is 29.4 Å². The third-order valence-corrected chi connectivity index (χ3v) is 9.26. The van der Waals surface area contributed by atoms with E-state index in [1.165, 1.54) is 12.1 Å². The average Bonchev–Trinajstić information content (AvgIpc) is 3.46. The second kappa shape index (κ2) is 14.5. The second-order valence-electron chi connectivity index (χ2n) is 10.5. The van der Waals surface area contributed by atoms with Crippen LogP contribution in [0.1, 0.15) is 30.1 Å². The van der Waals surface area contributed by atoms with Crippen LogP contribution >= 0.6 is 0 Å². The van der Waals surface area contributed by atoms with Gasteiger partial charge in [-0.05, 0) is 41.9 Å². The van der Waals surface area contributed by atoms with E-state index < -0.39 is 33.1 Å². The average molecular weight is 635 g/mol. The topological polar surface area (TPSA) is 176 Å². The molecule has 3 aromatic carbocycles. The third-order valence-electron chi connectivity index (χ3n) is 7.53. The molecule has 13 nitrogen and oxygen atoms in total. The molecule has 0 saturated carbocycles. The number of hydrogen-bond acceptors (Lipinski definition) is 10. The van der Waals surface area contributed by atoms with Crippen molar-refractivity contribution in [2.24, 2.45) is 10.1 Å². The Hall–Kier alpha value is -4.46. The molecule has 2 atom stereocenters. The largest absolute Gasteiger partial charge is 0.494 e. The number of aliphatic hydroxyl groups is 1. The maximum Gasteiger partial charge on any atom is 0.266 e. The van der Waals surface area contributed by atoms with E-state index in [9.17, 15) is 18.7 Å². The number of morpholine rings is 1. The lowest BCUT2D eigenvalue weighted by Gasteiger charge is -2.34. The number of hydrogen-bond donors (Lipinski definition) is 2. The molecule has 2 heterocycles. The first-order valence-electron chi connectivity index (χ1n) is 14.5. The van der Waals surface area contributed by atoms with Crippen molar-refractivity contribution in [3.63, 3.8) is 0 Å². The first-order valence-corrected chi connectivity index (χ1v) is 16.2. The number of azide groups is 1. The molecule has 0 aromatic heterocycles. The lowest BCUT2D eigenvalue weighted by atomic mass is 9.84. The van der Waals surface area contributed by atoms with Gasteiger partial charge in [-0.15, -0.1) is 0 Å². The number of rotatable bonds is 13. The maximum absolute atomic E-state index is 14.4. The standard InChI is InChI=1S/C31H34N6O7S/c32-36-34-27-10-5-4-9-26(27)28-31(30(39)35-37-16-20-42-21-17-37,15-22-45(40,41)25-7-2-1-3-8-25)33-29(44-28)23-11-13-24(14-12-23)43-19-6-18-38/h1-5,7-14,28,38H,6,15-22H2,(H,35,39)/t28-,31-/m0/s1. The van der Waals surface area contributed by atoms with Gasteiger partial charge in [0.25, 0.3) is 5.91 Å². The van der Waals surface area contributed by atoms with E-state index in [4.69, 9.17) is 24.3 Å². The number of amides is 1. The van der Waals surface area contributed by atoms with Crippen LogP contribution in [0.2, 0.25) is 0 Å². The molecular formula is C31H34N6O7S. The van der Waals surface area contributed by atoms with Crippen LogP contribution < -0.4 is 10.2 Å². The highest BCUT2D eigenvalue weighted by Crippen LogP contribution is 2.46. The molecule has 1 saturated heterocycles. The highest BCUT2D eigenvalue weighted by atomic mass is 32.2. The van der Waals surface area contributed by atoms with Crippen molar-refractivity contribution in [3.05, 3.63) is 100 Å². The zero-order valence-electron chi connectivity index (χ0n) is 24.5. The molecule has 14 heteroatoms. The minimum absolute atomic E-state index is 0.00995. The summed E-state index contributed by atoms with van der Waals surface area (Å²) < 4.78 is 44.5. The number of hydrazine groups is 1. The Morgan fingerprint density at radius 3 is 2.51 bits per heavy atom. The first-order chi connectivity index (χ1) is 21.9. The van der Waals surface area contributed by atoms with Gasteiger partial charge in [0.05, 0.1) is 30.5 Å². The summed E-state index contributed by atoms with van der Waals surface area (Å²) in [6, 6.07) is 21.6. The normalized spacial score (nSPS) is 20.0. The number of aliphatic hydroxyl groups excluding tert-OH is 1. The fourth-order valence-electron chi connectivity index (χ4n) is 5.15. The summed E-state index contributed by atoms with van der Waals surface area (Å²) in [4.78, 5) is 22.3. The van der Waals surface area contributed by atoms with Crippen molar-refractivity contribution >= 4 is 27.3 Å². The van der Waals surface area contributed by atoms with Crippen LogP contribution in [0.3, 0.4) is 0 Å². The highest BCUT2D eigenvalue weighted by Gasteiger charge is 2.54. The van der Waals surface area contributed by atoms with Crippen LogP contribution in [0.5, 0.6) is 5.75 Å². The molecule has 0 radical (unpaired) electrons. The minimum Gasteiger partial charge on any atom is -0.494 e. The van der Waals surface area contributed by atoms with Crippen molar-refractivity contribution in [1.82, 2.24) is 10.4 Å². The number of carbonyl (C=O) groups excluding carboxylic acids is 1. The molecule has 45 heavy (non-hydrogen) atoms. The molecule has 1 amide bonds. The van der Waals surface area contributed by atoms with E-state index in [0.717, 1.165) is 0 Å². The van der Waals surface area contributed by atoms with E-state index in [0.29, 0.717) is 56.2 Å². The zero-order valence-corrected chi connectivity index (χ0v) is 25.3. The number of aliphatic imine (C=N–C) groups is 1. The van der Waals surface area contributed by atoms with Crippen LogP contribution in [-0.2, 0) is 24.1 Å². The summed E-state index contributed by atoms with van der Waals surface area (Å²) in [6.07, 6.45) is -0.889. The summed E-state index contributed by atoms with van der Waals surface area (Å²) >= 11 is 0. The number of benzene rings is 3. The Morgan fingerprint density at radius 2 is 1.80 bits per heavy atom. The summed E-state index contributed by atoms with van der Waals surface area (Å²) in [7, 11) is -3.83. The molecule has 1 fully saturated rings. The van der Waals surface area contributed by atoms with E-state index in [1.54, 1.807) is 71.7 Å². The number of nitrogens with one attached hydrogen (secondary N) is 1. The molecule has 2 aliphatic heterocycles. The van der Waals surface area contributed by atoms with Crippen LogP contribution in [0.4, 0.5) is 5.69 Å². The van der Waals surface area contributed by atoms with Crippen LogP contribution in [0.25, 0.3) is 10.4 Å². The fraction of sp³-hybridized carbons (Fsp3) is 0.355. The van der Waals surface area contributed by atoms with Crippen LogP contribution in [-0.4, -0.2) is 81.1 Å². The Labute approximate surface area is 261 Å². The summed E-state index contributed by atoms with van der Waals surface area (Å²) in [6.45, 7) is 2.04. The molecule has 2 aliphatic rings. The van der Waals surface area contributed by atoms with Gasteiger partial charge in [0.15, 0.2) is 21.5 Å². The van der Waals surface area contributed by atoms with Crippen molar-refractivity contribution in [3.8, 4) is 5.75 Å². The van der Waals surface area contributed by atoms with Gasteiger partial charge in [0.1, 0.15) is 5.75 Å². The Morgan fingerprint density at radius 1 is 1.09 bits per heavy atom. The van der Waals surface area contributed by atoms with Crippen LogP contribution in [0, 0.1) is 0 Å². The van der Waals surface area contributed by atoms with E-state index in [2.05, 4.69) is 15.5 Å². The van der Waals surface area contributed by atoms with Crippen molar-refractivity contribution in [2.75, 3.05) is 45.3 Å². The van der Waals surface area contributed by atoms with Crippen LogP contribution in [0.15, 0.2) is 93.9 Å². The molecule has 0 aliphatic carbocycles. The quantitative estimate of drug-likeness (QED) is 0.123. The maximum atomic E-state index is 14.4. The van der Waals surface area contributed by atoms with E-state index in [-0.39, 0.29) is 29.5 Å². The molecule has 3 aromatic rings. The number of carbonyl (C=O) groups is 1. The Kier molecular flexibility index (Phi) is 10.3. The van der Waals surface area contributed by atoms with Gasteiger partial charge in [0.2, 0.25) is 5.90 Å². The minimum atomic E-state index is -3.83. The lowest BCUT2D eigenvalue weighted by Crippen LogP contribution is -2.57. The molecule has 236 valence electrons. The second-order valence-corrected chi connectivity index (χ2v) is 12.6. The van der Waals surface area contributed by atoms with Gasteiger partial charge in [-0.1, -0.05) is 47.6 Å². The van der Waals surface area contributed by atoms with Gasteiger partial charge in [-0.2, -0.15) is 0 Å². The number of nitrogens with zero attached hydrogens (tertiary/aromatic N) is 5. The van der Waals surface area contributed by atoms with Crippen molar-refractivity contribution in [1.29, 1.82) is 0 Å². The molecule has 0 bridgehead atoms. The first kappa shape index (κ1) is 31.9. The number of ether oxygens (including phenoxy) is 3. The predicted molar refractivity (Wildman–Crippen MR) is 166 cm³/mol. The SMILES string of the molecule is [N-]=[N+]=Nc1ccccc1[C@@H]1OC(c2ccc(OCCCO)cc2)=N[C@]1(CCS(=O)(=O)c1ccccc1)C(=O)NN1CCOCC1. The zero-order chi connectivity index (χ0) is 31.7. The Bertz CT molecular complexity index is 1660. The monoisotopic (exact) mass is 634 g/mol. The summed E-state index contributed by atoms with van der Waals surface area (Å²) in [5, 5.41) is 14.6. The smallest absolute Gasteiger partial charge is 0.266 e. The van der Waals surface area contributed by atoms with Gasteiger partial charge >= 0.3 is 0 Å². The van der Waals surface area contributed by atoms with Crippen molar-refractivity contribution < 1.29 is 32.5 Å². The summed E-state index contributed by atoms with van der Waals surface area (Å²) in [5.74, 6) is -0.286. The third kappa shape index (κ3) is 7.44. The molecule has 2 N–H and O–H groups in total. The van der Waals surface area contributed by atoms with Gasteiger partial charge in [-0.3, -0.25) is 10.2 Å². The summed E-state index contributed by atoms with van der Waals surface area (Å²) in [5.41, 5.74) is 11.6. The lowest BCUT2D eigenvalue weighted by molar-refractivity contribution is -0.136. The highest BCUT2D eigenvalue weighted by molar-refractivity contribution is 7.91. The van der Waals surface area contributed by atoms with Gasteiger partial charge < -0.3 is 19.3 Å². The molecular weight excluding hydrogens is 600 g/mol. The van der Waals surface area contributed by atoms with E-state index in [1.807, 2.05) is 0 Å².